The van der Waals surface area contributed by atoms with Crippen molar-refractivity contribution in [1.82, 2.24) is 9.99 Å². The summed E-state index contributed by atoms with van der Waals surface area (Å²) in [6.45, 7) is 7.44. The van der Waals surface area contributed by atoms with Crippen molar-refractivity contribution >= 4 is 17.0 Å². The molecule has 3 aromatic rings. The molecule has 0 radical (unpaired) electrons. The largest absolute Gasteiger partial charge is 0.441 e. The standard InChI is InChI=1S/C28H38N4O2/c1-27(2,3)22-10-11-24-23(15-22)31-25(34-24)16-28(12-5-4-6-13-28)17-26(33)32(30)19-21-9-7-8-20(14-21)18-29/h7-11,14-15H,4-6,12-13,16-19,29-30H2,1-3H3. The average Bonchev–Trinajstić information content (AvgIpc) is 3.20. The number of rotatable bonds is 7. The molecule has 1 saturated carbocycles. The smallest absolute Gasteiger partial charge is 0.237 e. The molecule has 1 aliphatic rings. The Balaban J connectivity index is 1.50. The average molecular weight is 463 g/mol. The van der Waals surface area contributed by atoms with Crippen molar-refractivity contribution in [2.75, 3.05) is 0 Å². The van der Waals surface area contributed by atoms with Gasteiger partial charge < -0.3 is 10.2 Å². The highest BCUT2D eigenvalue weighted by atomic mass is 16.3. The van der Waals surface area contributed by atoms with Gasteiger partial charge in [0.1, 0.15) is 5.52 Å². The van der Waals surface area contributed by atoms with E-state index in [0.29, 0.717) is 25.9 Å². The molecule has 1 fully saturated rings. The van der Waals surface area contributed by atoms with Gasteiger partial charge in [0.15, 0.2) is 11.5 Å². The minimum absolute atomic E-state index is 0.0359. The van der Waals surface area contributed by atoms with Crippen molar-refractivity contribution in [3.05, 3.63) is 65.0 Å². The highest BCUT2D eigenvalue weighted by Crippen LogP contribution is 2.43. The summed E-state index contributed by atoms with van der Waals surface area (Å²) in [4.78, 5) is 18.0. The third-order valence-electron chi connectivity index (χ3n) is 7.16. The molecule has 0 unspecified atom stereocenters. The molecule has 0 spiro atoms. The van der Waals surface area contributed by atoms with Crippen molar-refractivity contribution in [1.29, 1.82) is 0 Å². The van der Waals surface area contributed by atoms with Gasteiger partial charge in [0.2, 0.25) is 5.91 Å². The van der Waals surface area contributed by atoms with E-state index in [1.807, 2.05) is 30.3 Å². The summed E-state index contributed by atoms with van der Waals surface area (Å²) in [5.74, 6) is 6.92. The summed E-state index contributed by atoms with van der Waals surface area (Å²) in [7, 11) is 0. The number of hydrogen-bond donors (Lipinski definition) is 2. The fourth-order valence-electron chi connectivity index (χ4n) is 5.12. The Morgan fingerprint density at radius 2 is 1.82 bits per heavy atom. The van der Waals surface area contributed by atoms with E-state index in [9.17, 15) is 4.79 Å². The molecule has 0 bridgehead atoms. The molecular formula is C28H38N4O2. The van der Waals surface area contributed by atoms with Gasteiger partial charge in [0, 0.05) is 19.4 Å². The molecule has 4 N–H and O–H groups in total. The van der Waals surface area contributed by atoms with Crippen molar-refractivity contribution < 1.29 is 9.21 Å². The maximum absolute atomic E-state index is 13.2. The minimum Gasteiger partial charge on any atom is -0.441 e. The number of hydrazine groups is 1. The number of hydrogen-bond acceptors (Lipinski definition) is 5. The molecule has 6 heteroatoms. The van der Waals surface area contributed by atoms with Crippen molar-refractivity contribution in [3.8, 4) is 0 Å². The Hall–Kier alpha value is -2.70. The summed E-state index contributed by atoms with van der Waals surface area (Å²) in [6, 6.07) is 14.2. The van der Waals surface area contributed by atoms with E-state index in [-0.39, 0.29) is 16.7 Å². The van der Waals surface area contributed by atoms with E-state index in [4.69, 9.17) is 21.0 Å². The first-order chi connectivity index (χ1) is 16.2. The van der Waals surface area contributed by atoms with Crippen LogP contribution < -0.4 is 11.6 Å². The first kappa shape index (κ1) is 24.4. The number of carbonyl (C=O) groups excluding carboxylic acids is 1. The van der Waals surface area contributed by atoms with Gasteiger partial charge in [-0.15, -0.1) is 0 Å². The van der Waals surface area contributed by atoms with Crippen LogP contribution in [-0.2, 0) is 29.7 Å². The van der Waals surface area contributed by atoms with Crippen LogP contribution in [0.25, 0.3) is 11.1 Å². The maximum atomic E-state index is 13.2. The number of nitrogens with two attached hydrogens (primary N) is 2. The monoisotopic (exact) mass is 462 g/mol. The van der Waals surface area contributed by atoms with Crippen LogP contribution in [0.15, 0.2) is 46.9 Å². The van der Waals surface area contributed by atoms with E-state index in [1.165, 1.54) is 17.0 Å². The molecule has 4 rings (SSSR count). The number of oxazole rings is 1. The lowest BCUT2D eigenvalue weighted by molar-refractivity contribution is -0.135. The molecule has 0 aliphatic heterocycles. The third-order valence-corrected chi connectivity index (χ3v) is 7.16. The molecule has 6 nitrogen and oxygen atoms in total. The number of nitrogens with zero attached hydrogens (tertiary/aromatic N) is 2. The zero-order chi connectivity index (χ0) is 24.3. The van der Waals surface area contributed by atoms with Gasteiger partial charge in [0.05, 0.1) is 6.54 Å². The zero-order valence-electron chi connectivity index (χ0n) is 20.8. The molecule has 1 aromatic heterocycles. The first-order valence-electron chi connectivity index (χ1n) is 12.4. The minimum atomic E-state index is -0.167. The second-order valence-corrected chi connectivity index (χ2v) is 11.0. The van der Waals surface area contributed by atoms with Crippen LogP contribution in [0.4, 0.5) is 0 Å². The normalized spacial score (nSPS) is 16.0. The third kappa shape index (κ3) is 5.68. The van der Waals surface area contributed by atoms with Crippen molar-refractivity contribution in [2.24, 2.45) is 17.0 Å². The topological polar surface area (TPSA) is 98.4 Å². The second kappa shape index (κ2) is 9.88. The fraction of sp³-hybridized carbons (Fsp3) is 0.500. The Morgan fingerprint density at radius 1 is 1.09 bits per heavy atom. The predicted molar refractivity (Wildman–Crippen MR) is 136 cm³/mol. The highest BCUT2D eigenvalue weighted by molar-refractivity contribution is 5.76. The van der Waals surface area contributed by atoms with Crippen molar-refractivity contribution in [3.63, 3.8) is 0 Å². The van der Waals surface area contributed by atoms with E-state index < -0.39 is 0 Å². The fourth-order valence-corrected chi connectivity index (χ4v) is 5.12. The van der Waals surface area contributed by atoms with Crippen LogP contribution in [0, 0.1) is 5.41 Å². The lowest BCUT2D eigenvalue weighted by atomic mass is 9.69. The maximum Gasteiger partial charge on any atom is 0.237 e. The molecule has 1 heterocycles. The van der Waals surface area contributed by atoms with Crippen LogP contribution >= 0.6 is 0 Å². The van der Waals surface area contributed by atoms with Gasteiger partial charge in [-0.05, 0) is 52.5 Å². The number of carbonyl (C=O) groups is 1. The van der Waals surface area contributed by atoms with Gasteiger partial charge in [-0.3, -0.25) is 9.80 Å². The summed E-state index contributed by atoms with van der Waals surface area (Å²) < 4.78 is 6.15. The summed E-state index contributed by atoms with van der Waals surface area (Å²) in [5, 5.41) is 1.35. The van der Waals surface area contributed by atoms with Crippen LogP contribution in [0.3, 0.4) is 0 Å². The highest BCUT2D eigenvalue weighted by Gasteiger charge is 2.37. The Morgan fingerprint density at radius 3 is 2.53 bits per heavy atom. The van der Waals surface area contributed by atoms with Crippen LogP contribution in [0.5, 0.6) is 0 Å². The molecule has 2 aromatic carbocycles. The van der Waals surface area contributed by atoms with Gasteiger partial charge in [-0.1, -0.05) is 70.4 Å². The molecule has 0 saturated heterocycles. The van der Waals surface area contributed by atoms with Gasteiger partial charge in [-0.25, -0.2) is 10.8 Å². The van der Waals surface area contributed by atoms with E-state index in [1.54, 1.807) is 0 Å². The quantitative estimate of drug-likeness (QED) is 0.279. The Bertz CT molecular complexity index is 1140. The number of benzene rings is 2. The van der Waals surface area contributed by atoms with E-state index >= 15 is 0 Å². The van der Waals surface area contributed by atoms with Crippen molar-refractivity contribution in [2.45, 2.75) is 84.2 Å². The first-order valence-corrected chi connectivity index (χ1v) is 12.4. The van der Waals surface area contributed by atoms with Gasteiger partial charge in [-0.2, -0.15) is 0 Å². The predicted octanol–water partition coefficient (Wildman–Crippen LogP) is 5.37. The molecule has 0 atom stereocenters. The van der Waals surface area contributed by atoms with Gasteiger partial charge in [0.25, 0.3) is 0 Å². The molecule has 34 heavy (non-hydrogen) atoms. The second-order valence-electron chi connectivity index (χ2n) is 11.0. The van der Waals surface area contributed by atoms with E-state index in [0.717, 1.165) is 53.8 Å². The Kier molecular flexibility index (Phi) is 7.10. The molecular weight excluding hydrogens is 424 g/mol. The summed E-state index contributed by atoms with van der Waals surface area (Å²) in [5.41, 5.74) is 10.6. The van der Waals surface area contributed by atoms with Crippen LogP contribution in [-0.4, -0.2) is 15.9 Å². The molecule has 1 aliphatic carbocycles. The number of fused-ring (bicyclic) bond motifs is 1. The Labute approximate surface area is 202 Å². The SMILES string of the molecule is CC(C)(C)c1ccc2oc(CC3(CC(=O)N(N)Cc4cccc(CN)c4)CCCCC3)nc2c1. The number of amides is 1. The van der Waals surface area contributed by atoms with Gasteiger partial charge >= 0.3 is 0 Å². The van der Waals surface area contributed by atoms with Crippen LogP contribution in [0.2, 0.25) is 0 Å². The van der Waals surface area contributed by atoms with E-state index in [2.05, 4.69) is 32.9 Å². The lowest BCUT2D eigenvalue weighted by Crippen LogP contribution is -2.41. The lowest BCUT2D eigenvalue weighted by Gasteiger charge is -2.37. The summed E-state index contributed by atoms with van der Waals surface area (Å²) >= 11 is 0. The number of aromatic nitrogens is 1. The summed E-state index contributed by atoms with van der Waals surface area (Å²) in [6.07, 6.45) is 6.48. The zero-order valence-corrected chi connectivity index (χ0v) is 20.8. The molecule has 182 valence electrons. The van der Waals surface area contributed by atoms with Crippen LogP contribution in [0.1, 0.15) is 81.9 Å². The molecule has 1 amide bonds.